The highest BCUT2D eigenvalue weighted by Gasteiger charge is 2.52. The minimum absolute atomic E-state index is 0.303. The molecular formula is C15H16N2O4S. The third-order valence-corrected chi connectivity index (χ3v) is 4.71. The van der Waals surface area contributed by atoms with Gasteiger partial charge in [-0.25, -0.2) is 0 Å². The second-order valence-corrected chi connectivity index (χ2v) is 6.78. The number of hydrogen-bond acceptors (Lipinski definition) is 5. The molecule has 1 heterocycles. The lowest BCUT2D eigenvalue weighted by atomic mass is 10.1. The third kappa shape index (κ3) is 2.18. The molecule has 0 aliphatic carbocycles. The quantitative estimate of drug-likeness (QED) is 0.845. The number of benzene rings is 2. The van der Waals surface area contributed by atoms with Gasteiger partial charge in [-0.2, -0.15) is 8.42 Å². The first kappa shape index (κ1) is 14.7. The van der Waals surface area contributed by atoms with Crippen LogP contribution in [-0.2, 0) is 15.2 Å². The fourth-order valence-corrected chi connectivity index (χ4v) is 3.26. The first-order valence-electron chi connectivity index (χ1n) is 6.65. The average Bonchev–Trinajstić information content (AvgIpc) is 2.87. The highest BCUT2D eigenvalue weighted by molar-refractivity contribution is 7.86. The van der Waals surface area contributed by atoms with Crippen molar-refractivity contribution in [1.29, 1.82) is 0 Å². The minimum Gasteiger partial charge on any atom is -0.446 e. The van der Waals surface area contributed by atoms with Crippen molar-refractivity contribution in [2.24, 2.45) is 0 Å². The standard InChI is InChI=1S/C15H16N2O4S/c1-17(2)12-9-7-11(8-10-12)15(22(18,19)20)16-13-5-3-4-6-14(13)21-15/h3-10,16H,1-2H3,(H,18,19,20). The number of hydrogen-bond donors (Lipinski definition) is 2. The van der Waals surface area contributed by atoms with Gasteiger partial charge in [-0.3, -0.25) is 4.55 Å². The van der Waals surface area contributed by atoms with Crippen molar-refractivity contribution in [3.05, 3.63) is 54.1 Å². The molecule has 6 nitrogen and oxygen atoms in total. The highest BCUT2D eigenvalue weighted by atomic mass is 32.2. The Kier molecular flexibility index (Phi) is 3.26. The zero-order valence-electron chi connectivity index (χ0n) is 12.1. The molecule has 0 saturated heterocycles. The molecule has 2 aromatic carbocycles. The molecule has 0 amide bonds. The summed E-state index contributed by atoms with van der Waals surface area (Å²) < 4.78 is 39.3. The first-order valence-corrected chi connectivity index (χ1v) is 8.09. The summed E-state index contributed by atoms with van der Waals surface area (Å²) in [5.74, 6) is 0.372. The predicted molar refractivity (Wildman–Crippen MR) is 84.7 cm³/mol. The molecule has 1 aliphatic heterocycles. The summed E-state index contributed by atoms with van der Waals surface area (Å²) in [6.45, 7) is 0. The van der Waals surface area contributed by atoms with E-state index in [1.165, 1.54) is 0 Å². The molecule has 0 spiro atoms. The molecule has 2 aromatic rings. The van der Waals surface area contributed by atoms with Gasteiger partial charge >= 0.3 is 15.2 Å². The predicted octanol–water partition coefficient (Wildman–Crippen LogP) is 2.26. The van der Waals surface area contributed by atoms with Crippen LogP contribution in [-0.4, -0.2) is 27.1 Å². The van der Waals surface area contributed by atoms with Crippen LogP contribution < -0.4 is 15.0 Å². The van der Waals surface area contributed by atoms with Crippen molar-refractivity contribution in [3.63, 3.8) is 0 Å². The van der Waals surface area contributed by atoms with Crippen molar-refractivity contribution >= 4 is 21.5 Å². The number of para-hydroxylation sites is 2. The molecule has 0 aromatic heterocycles. The largest absolute Gasteiger partial charge is 0.446 e. The van der Waals surface area contributed by atoms with Crippen LogP contribution in [0.3, 0.4) is 0 Å². The maximum absolute atomic E-state index is 12.0. The van der Waals surface area contributed by atoms with E-state index in [9.17, 15) is 13.0 Å². The summed E-state index contributed by atoms with van der Waals surface area (Å²) in [4.78, 5) is 1.89. The van der Waals surface area contributed by atoms with Crippen molar-refractivity contribution in [2.75, 3.05) is 24.3 Å². The number of fused-ring (bicyclic) bond motifs is 1. The molecule has 7 heteroatoms. The van der Waals surface area contributed by atoms with E-state index in [0.29, 0.717) is 17.0 Å². The molecule has 1 atom stereocenters. The molecule has 116 valence electrons. The van der Waals surface area contributed by atoms with Gasteiger partial charge in [0.15, 0.2) is 0 Å². The Balaban J connectivity index is 2.10. The molecule has 0 fully saturated rings. The van der Waals surface area contributed by atoms with E-state index >= 15 is 0 Å². The summed E-state index contributed by atoms with van der Waals surface area (Å²) in [5.41, 5.74) is 1.72. The van der Waals surface area contributed by atoms with E-state index in [2.05, 4.69) is 5.32 Å². The first-order chi connectivity index (χ1) is 10.3. The molecular weight excluding hydrogens is 304 g/mol. The zero-order chi connectivity index (χ0) is 16.0. The summed E-state index contributed by atoms with van der Waals surface area (Å²) >= 11 is 0. The monoisotopic (exact) mass is 320 g/mol. The van der Waals surface area contributed by atoms with Gasteiger partial charge in [-0.05, 0) is 36.4 Å². The molecule has 2 N–H and O–H groups in total. The van der Waals surface area contributed by atoms with Gasteiger partial charge in [-0.1, -0.05) is 12.1 Å². The highest BCUT2D eigenvalue weighted by Crippen LogP contribution is 2.44. The van der Waals surface area contributed by atoms with Crippen LogP contribution in [0.15, 0.2) is 48.5 Å². The van der Waals surface area contributed by atoms with Gasteiger partial charge < -0.3 is 15.0 Å². The molecule has 0 radical (unpaired) electrons. The zero-order valence-corrected chi connectivity index (χ0v) is 13.0. The molecule has 0 bridgehead atoms. The third-order valence-electron chi connectivity index (χ3n) is 3.57. The summed E-state index contributed by atoms with van der Waals surface area (Å²) in [5, 5.41) is 0.753. The maximum Gasteiger partial charge on any atom is 0.335 e. The molecule has 1 aliphatic rings. The van der Waals surface area contributed by atoms with Crippen LogP contribution in [0.2, 0.25) is 0 Å². The van der Waals surface area contributed by atoms with E-state index in [-0.39, 0.29) is 0 Å². The van der Waals surface area contributed by atoms with Crippen molar-refractivity contribution in [2.45, 2.75) is 5.06 Å². The summed E-state index contributed by atoms with van der Waals surface area (Å²) in [7, 11) is -0.800. The Bertz CT molecular complexity index is 776. The van der Waals surface area contributed by atoms with E-state index in [0.717, 1.165) is 5.69 Å². The normalized spacial score (nSPS) is 20.0. The van der Waals surface area contributed by atoms with E-state index in [1.54, 1.807) is 48.5 Å². The second kappa shape index (κ2) is 4.89. The average molecular weight is 320 g/mol. The minimum atomic E-state index is -4.56. The smallest absolute Gasteiger partial charge is 0.335 e. The SMILES string of the molecule is CN(C)c1ccc(C2(S(=O)(=O)O)Nc3ccccc3O2)cc1. The maximum atomic E-state index is 12.0. The van der Waals surface area contributed by atoms with Crippen molar-refractivity contribution in [3.8, 4) is 5.75 Å². The topological polar surface area (TPSA) is 78.9 Å². The number of ether oxygens (including phenoxy) is 1. The van der Waals surface area contributed by atoms with Gasteiger partial charge in [0.05, 0.1) is 5.69 Å². The second-order valence-electron chi connectivity index (χ2n) is 5.26. The Labute approximate surface area is 129 Å². The van der Waals surface area contributed by atoms with E-state index < -0.39 is 15.2 Å². The van der Waals surface area contributed by atoms with Crippen molar-refractivity contribution in [1.82, 2.24) is 0 Å². The number of anilines is 2. The Hall–Kier alpha value is -2.25. The van der Waals surface area contributed by atoms with Gasteiger partial charge in [0.25, 0.3) is 0 Å². The number of nitrogens with zero attached hydrogens (tertiary/aromatic N) is 1. The fourth-order valence-electron chi connectivity index (χ4n) is 2.39. The Morgan fingerprint density at radius 2 is 1.73 bits per heavy atom. The molecule has 3 rings (SSSR count). The van der Waals surface area contributed by atoms with Crippen LogP contribution in [0, 0.1) is 0 Å². The van der Waals surface area contributed by atoms with Crippen LogP contribution in [0.5, 0.6) is 5.75 Å². The summed E-state index contributed by atoms with van der Waals surface area (Å²) in [6.07, 6.45) is 0. The van der Waals surface area contributed by atoms with Gasteiger partial charge in [-0.15, -0.1) is 0 Å². The van der Waals surface area contributed by atoms with Gasteiger partial charge in [0.1, 0.15) is 5.75 Å². The Morgan fingerprint density at radius 3 is 2.27 bits per heavy atom. The van der Waals surface area contributed by atoms with Crippen LogP contribution in [0.1, 0.15) is 5.56 Å². The molecule has 1 unspecified atom stereocenters. The van der Waals surface area contributed by atoms with Crippen LogP contribution >= 0.6 is 0 Å². The lowest BCUT2D eigenvalue weighted by molar-refractivity contribution is 0.190. The lowest BCUT2D eigenvalue weighted by Crippen LogP contribution is -2.45. The van der Waals surface area contributed by atoms with E-state index in [1.807, 2.05) is 19.0 Å². The Morgan fingerprint density at radius 1 is 1.09 bits per heavy atom. The van der Waals surface area contributed by atoms with Gasteiger partial charge in [0.2, 0.25) is 0 Å². The molecule has 22 heavy (non-hydrogen) atoms. The van der Waals surface area contributed by atoms with Crippen LogP contribution in [0.25, 0.3) is 0 Å². The number of rotatable bonds is 3. The lowest BCUT2D eigenvalue weighted by Gasteiger charge is -2.26. The number of nitrogens with one attached hydrogen (secondary N) is 1. The van der Waals surface area contributed by atoms with Crippen LogP contribution in [0.4, 0.5) is 11.4 Å². The fraction of sp³-hybridized carbons (Fsp3) is 0.200. The van der Waals surface area contributed by atoms with E-state index in [4.69, 9.17) is 4.74 Å². The van der Waals surface area contributed by atoms with Gasteiger partial charge in [0, 0.05) is 25.3 Å². The van der Waals surface area contributed by atoms with Crippen molar-refractivity contribution < 1.29 is 17.7 Å². The summed E-state index contributed by atoms with van der Waals surface area (Å²) in [6, 6.07) is 13.6. The molecule has 0 saturated carbocycles.